The third-order valence-electron chi connectivity index (χ3n) is 3.17. The van der Waals surface area contributed by atoms with Crippen LogP contribution < -0.4 is 10.6 Å². The number of carbonyl (C=O) groups is 1. The molecule has 1 aromatic rings. The van der Waals surface area contributed by atoms with E-state index in [2.05, 4.69) is 22.6 Å². The molecule has 0 fully saturated rings. The molecule has 0 spiro atoms. The molecule has 0 bridgehead atoms. The van der Waals surface area contributed by atoms with E-state index in [0.717, 1.165) is 18.5 Å². The van der Waals surface area contributed by atoms with Gasteiger partial charge in [-0.25, -0.2) is 0 Å². The lowest BCUT2D eigenvalue weighted by Crippen LogP contribution is -2.49. The van der Waals surface area contributed by atoms with E-state index in [1.807, 2.05) is 32.0 Å². The number of nitrogens with one attached hydrogen (secondary N) is 2. The van der Waals surface area contributed by atoms with Crippen molar-refractivity contribution < 1.29 is 4.79 Å². The van der Waals surface area contributed by atoms with Gasteiger partial charge in [0.05, 0.1) is 5.54 Å². The van der Waals surface area contributed by atoms with Gasteiger partial charge in [0.2, 0.25) is 5.91 Å². The van der Waals surface area contributed by atoms with Gasteiger partial charge in [-0.2, -0.15) is 0 Å². The Bertz CT molecular complexity index is 499. The highest BCUT2D eigenvalue weighted by Gasteiger charge is 2.28. The average Bonchev–Trinajstić information content (AvgIpc) is 2.37. The van der Waals surface area contributed by atoms with Crippen molar-refractivity contribution in [2.75, 3.05) is 6.54 Å². The maximum Gasteiger partial charge on any atom is 0.242 e. The van der Waals surface area contributed by atoms with Gasteiger partial charge in [0, 0.05) is 6.54 Å². The van der Waals surface area contributed by atoms with Gasteiger partial charge >= 0.3 is 0 Å². The fourth-order valence-corrected chi connectivity index (χ4v) is 2.15. The van der Waals surface area contributed by atoms with Crippen LogP contribution in [0.5, 0.6) is 0 Å². The number of terminal acetylenes is 1. The summed E-state index contributed by atoms with van der Waals surface area (Å²) in [7, 11) is 0. The van der Waals surface area contributed by atoms with Crippen LogP contribution in [-0.2, 0) is 11.2 Å². The molecule has 0 saturated heterocycles. The lowest BCUT2D eigenvalue weighted by molar-refractivity contribution is -0.124. The van der Waals surface area contributed by atoms with Crippen LogP contribution in [0.3, 0.4) is 0 Å². The fraction of sp³-hybridized carbons (Fsp3) is 0.400. The van der Waals surface area contributed by atoms with Gasteiger partial charge in [-0.15, -0.1) is 6.42 Å². The monoisotopic (exact) mass is 242 g/mol. The SMILES string of the molecule is C#CC(C)(C)NC(=O)C1NCCc2ccccc21. The van der Waals surface area contributed by atoms with E-state index < -0.39 is 5.54 Å². The molecule has 2 rings (SSSR count). The maximum absolute atomic E-state index is 12.3. The molecule has 1 aliphatic heterocycles. The molecular weight excluding hydrogens is 224 g/mol. The molecule has 1 atom stereocenters. The lowest BCUT2D eigenvalue weighted by atomic mass is 9.93. The first-order valence-corrected chi connectivity index (χ1v) is 6.14. The molecule has 18 heavy (non-hydrogen) atoms. The van der Waals surface area contributed by atoms with Crippen LogP contribution in [0, 0.1) is 12.3 Å². The number of hydrogen-bond donors (Lipinski definition) is 2. The molecule has 1 aliphatic rings. The predicted molar refractivity (Wildman–Crippen MR) is 71.9 cm³/mol. The van der Waals surface area contributed by atoms with Gasteiger partial charge in [-0.3, -0.25) is 4.79 Å². The van der Waals surface area contributed by atoms with Crippen molar-refractivity contribution in [3.8, 4) is 12.3 Å². The number of hydrogen-bond acceptors (Lipinski definition) is 2. The number of rotatable bonds is 2. The van der Waals surface area contributed by atoms with Gasteiger partial charge in [-0.1, -0.05) is 30.2 Å². The summed E-state index contributed by atoms with van der Waals surface area (Å²) in [4.78, 5) is 12.3. The van der Waals surface area contributed by atoms with Crippen molar-refractivity contribution in [1.82, 2.24) is 10.6 Å². The van der Waals surface area contributed by atoms with Gasteiger partial charge in [0.1, 0.15) is 6.04 Å². The Kier molecular flexibility index (Phi) is 3.40. The second-order valence-corrected chi connectivity index (χ2v) is 5.09. The van der Waals surface area contributed by atoms with Crippen LogP contribution in [-0.4, -0.2) is 18.0 Å². The zero-order valence-electron chi connectivity index (χ0n) is 10.8. The van der Waals surface area contributed by atoms with Crippen molar-refractivity contribution in [3.05, 3.63) is 35.4 Å². The van der Waals surface area contributed by atoms with E-state index >= 15 is 0 Å². The summed E-state index contributed by atoms with van der Waals surface area (Å²) >= 11 is 0. The topological polar surface area (TPSA) is 41.1 Å². The van der Waals surface area contributed by atoms with Crippen LogP contribution in [0.4, 0.5) is 0 Å². The summed E-state index contributed by atoms with van der Waals surface area (Å²) in [6.45, 7) is 4.45. The van der Waals surface area contributed by atoms with E-state index in [1.165, 1.54) is 5.56 Å². The third kappa shape index (κ3) is 2.55. The lowest BCUT2D eigenvalue weighted by Gasteiger charge is -2.29. The Morgan fingerprint density at radius 3 is 2.94 bits per heavy atom. The number of benzene rings is 1. The summed E-state index contributed by atoms with van der Waals surface area (Å²) in [5, 5.41) is 6.12. The summed E-state index contributed by atoms with van der Waals surface area (Å²) in [5.41, 5.74) is 1.66. The van der Waals surface area contributed by atoms with Crippen LogP contribution in [0.1, 0.15) is 31.0 Å². The minimum absolute atomic E-state index is 0.0647. The largest absolute Gasteiger partial charge is 0.339 e. The standard InChI is InChI=1S/C15H18N2O/c1-4-15(2,3)17-14(18)13-12-8-6-5-7-11(12)9-10-16-13/h1,5-8,13,16H,9-10H2,2-3H3,(H,17,18). The molecule has 94 valence electrons. The fourth-order valence-electron chi connectivity index (χ4n) is 2.15. The minimum atomic E-state index is -0.620. The van der Waals surface area contributed by atoms with E-state index in [1.54, 1.807) is 0 Å². The first-order valence-electron chi connectivity index (χ1n) is 6.14. The normalized spacial score (nSPS) is 18.6. The molecule has 1 aromatic carbocycles. The van der Waals surface area contributed by atoms with Crippen molar-refractivity contribution in [2.24, 2.45) is 0 Å². The Labute approximate surface area is 108 Å². The number of amides is 1. The second-order valence-electron chi connectivity index (χ2n) is 5.09. The molecule has 0 radical (unpaired) electrons. The van der Waals surface area contributed by atoms with Gasteiger partial charge in [-0.05, 0) is 31.4 Å². The maximum atomic E-state index is 12.3. The average molecular weight is 242 g/mol. The molecule has 1 unspecified atom stereocenters. The Balaban J connectivity index is 2.21. The smallest absolute Gasteiger partial charge is 0.242 e. The summed E-state index contributed by atoms with van der Waals surface area (Å²) in [6.07, 6.45) is 6.35. The van der Waals surface area contributed by atoms with Crippen LogP contribution in [0.15, 0.2) is 24.3 Å². The molecule has 1 amide bonds. The summed E-state index contributed by atoms with van der Waals surface area (Å²) < 4.78 is 0. The molecule has 1 heterocycles. The number of fused-ring (bicyclic) bond motifs is 1. The van der Waals surface area contributed by atoms with E-state index in [-0.39, 0.29) is 11.9 Å². The van der Waals surface area contributed by atoms with Crippen LogP contribution in [0.25, 0.3) is 0 Å². The van der Waals surface area contributed by atoms with Crippen molar-refractivity contribution in [1.29, 1.82) is 0 Å². The van der Waals surface area contributed by atoms with Crippen molar-refractivity contribution >= 4 is 5.91 Å². The van der Waals surface area contributed by atoms with Crippen molar-refractivity contribution in [3.63, 3.8) is 0 Å². The molecule has 3 heteroatoms. The van der Waals surface area contributed by atoms with E-state index in [9.17, 15) is 4.79 Å². The molecule has 0 aliphatic carbocycles. The van der Waals surface area contributed by atoms with Gasteiger partial charge < -0.3 is 10.6 Å². The highest BCUT2D eigenvalue weighted by atomic mass is 16.2. The van der Waals surface area contributed by atoms with Crippen LogP contribution >= 0.6 is 0 Å². The van der Waals surface area contributed by atoms with E-state index in [0.29, 0.717) is 0 Å². The molecule has 2 N–H and O–H groups in total. The Morgan fingerprint density at radius 1 is 1.50 bits per heavy atom. The predicted octanol–water partition coefficient (Wildman–Crippen LogP) is 1.40. The second kappa shape index (κ2) is 4.83. The quantitative estimate of drug-likeness (QED) is 0.770. The molecule has 3 nitrogen and oxygen atoms in total. The first-order chi connectivity index (χ1) is 8.53. The summed E-state index contributed by atoms with van der Waals surface area (Å²) in [6, 6.07) is 7.72. The zero-order chi connectivity index (χ0) is 13.2. The molecular formula is C15H18N2O. The Hall–Kier alpha value is -1.79. The highest BCUT2D eigenvalue weighted by molar-refractivity contribution is 5.84. The molecule has 0 saturated carbocycles. The van der Waals surface area contributed by atoms with E-state index in [4.69, 9.17) is 6.42 Å². The zero-order valence-corrected chi connectivity index (χ0v) is 10.8. The first kappa shape index (κ1) is 12.7. The Morgan fingerprint density at radius 2 is 2.22 bits per heavy atom. The van der Waals surface area contributed by atoms with Crippen molar-refractivity contribution in [2.45, 2.75) is 31.8 Å². The van der Waals surface area contributed by atoms with Gasteiger partial charge in [0.25, 0.3) is 0 Å². The summed E-state index contributed by atoms with van der Waals surface area (Å²) in [5.74, 6) is 2.51. The molecule has 0 aromatic heterocycles. The third-order valence-corrected chi connectivity index (χ3v) is 3.17. The minimum Gasteiger partial charge on any atom is -0.339 e. The highest BCUT2D eigenvalue weighted by Crippen LogP contribution is 2.23. The van der Waals surface area contributed by atoms with Gasteiger partial charge in [0.15, 0.2) is 0 Å². The number of carbonyl (C=O) groups excluding carboxylic acids is 1. The van der Waals surface area contributed by atoms with Crippen LogP contribution in [0.2, 0.25) is 0 Å².